The van der Waals surface area contributed by atoms with Gasteiger partial charge in [-0.15, -0.1) is 0 Å². The van der Waals surface area contributed by atoms with Gasteiger partial charge in [-0.3, -0.25) is 0 Å². The smallest absolute Gasteiger partial charge is 0.389 e. The number of alkyl halides is 3. The highest BCUT2D eigenvalue weighted by atomic mass is 19.4. The molecule has 2 rings (SSSR count). The van der Waals surface area contributed by atoms with Crippen LogP contribution in [0.2, 0.25) is 0 Å². The van der Waals surface area contributed by atoms with Crippen molar-refractivity contribution in [1.29, 1.82) is 0 Å². The number of hydrogen-bond acceptors (Lipinski definition) is 3. The first kappa shape index (κ1) is 24.4. The molecule has 1 atom stereocenters. The van der Waals surface area contributed by atoms with Gasteiger partial charge in [0.2, 0.25) is 0 Å². The third-order valence-electron chi connectivity index (χ3n) is 5.26. The minimum Gasteiger partial charge on any atom is -0.454 e. The number of ether oxygens (including phenoxy) is 1. The van der Waals surface area contributed by atoms with E-state index in [2.05, 4.69) is 4.99 Å². The predicted octanol–water partition coefficient (Wildman–Crippen LogP) is 6.46. The zero-order valence-corrected chi connectivity index (χ0v) is 18.6. The summed E-state index contributed by atoms with van der Waals surface area (Å²) in [5, 5.41) is 0. The second kappa shape index (κ2) is 10.5. The molecule has 2 aromatic carbocycles. The minimum absolute atomic E-state index is 0.324. The van der Waals surface area contributed by atoms with Gasteiger partial charge in [0.1, 0.15) is 6.10 Å². The van der Waals surface area contributed by atoms with Crippen molar-refractivity contribution in [1.82, 2.24) is 4.90 Å². The molecule has 0 aliphatic heterocycles. The highest BCUT2D eigenvalue weighted by Crippen LogP contribution is 2.32. The zero-order valence-electron chi connectivity index (χ0n) is 18.6. The first-order valence-electron chi connectivity index (χ1n) is 10.2. The summed E-state index contributed by atoms with van der Waals surface area (Å²) in [5.74, 6) is -0.644. The number of rotatable bonds is 8. The molecule has 0 radical (unpaired) electrons. The first-order valence-corrected chi connectivity index (χ1v) is 10.2. The average molecular weight is 435 g/mol. The summed E-state index contributed by atoms with van der Waals surface area (Å²) < 4.78 is 44.0. The van der Waals surface area contributed by atoms with Crippen LogP contribution in [0.25, 0.3) is 0 Å². The Morgan fingerprint density at radius 1 is 1.10 bits per heavy atom. The van der Waals surface area contributed by atoms with Crippen molar-refractivity contribution in [3.8, 4) is 0 Å². The van der Waals surface area contributed by atoms with Gasteiger partial charge in [0, 0.05) is 20.0 Å². The summed E-state index contributed by atoms with van der Waals surface area (Å²) >= 11 is 0. The molecule has 0 aromatic heterocycles. The Bertz CT molecular complexity index is 922. The van der Waals surface area contributed by atoms with Crippen molar-refractivity contribution >= 4 is 18.0 Å². The van der Waals surface area contributed by atoms with E-state index in [9.17, 15) is 18.0 Å². The van der Waals surface area contributed by atoms with Gasteiger partial charge in [-0.25, -0.2) is 9.79 Å². The van der Waals surface area contributed by atoms with Crippen LogP contribution in [0.15, 0.2) is 41.4 Å². The summed E-state index contributed by atoms with van der Waals surface area (Å²) in [7, 11) is 1.91. The number of esters is 1. The van der Waals surface area contributed by atoms with Gasteiger partial charge in [-0.05, 0) is 62.9 Å². The maximum atomic E-state index is 12.9. The van der Waals surface area contributed by atoms with Crippen molar-refractivity contribution < 1.29 is 22.7 Å². The molecule has 0 aliphatic rings. The van der Waals surface area contributed by atoms with Crippen molar-refractivity contribution in [2.45, 2.75) is 52.8 Å². The van der Waals surface area contributed by atoms with Gasteiger partial charge in [-0.1, -0.05) is 29.8 Å². The first-order chi connectivity index (χ1) is 14.5. The van der Waals surface area contributed by atoms with Crippen LogP contribution in [0, 0.1) is 20.8 Å². The summed E-state index contributed by atoms with van der Waals surface area (Å²) in [5.41, 5.74) is 4.07. The fourth-order valence-corrected chi connectivity index (χ4v) is 2.97. The van der Waals surface area contributed by atoms with E-state index in [-0.39, 0.29) is 6.42 Å². The summed E-state index contributed by atoms with van der Waals surface area (Å²) in [4.78, 5) is 19.2. The molecule has 2 aromatic rings. The van der Waals surface area contributed by atoms with Gasteiger partial charge in [0.25, 0.3) is 0 Å². The minimum atomic E-state index is -4.33. The van der Waals surface area contributed by atoms with Crippen LogP contribution in [-0.4, -0.2) is 37.0 Å². The lowest BCUT2D eigenvalue weighted by molar-refractivity contribution is -0.140. The molecule has 7 heteroatoms. The SMILES string of the molecule is CCN(C)/C=N/c1ccc(C(=O)OC(CCC(F)(F)F)c2ccc(C)cc2)c(C)c1C. The molecule has 1 unspecified atom stereocenters. The van der Waals surface area contributed by atoms with Crippen LogP contribution >= 0.6 is 0 Å². The second-order valence-corrected chi connectivity index (χ2v) is 7.66. The molecule has 0 fully saturated rings. The van der Waals surface area contributed by atoms with Gasteiger partial charge in [0.05, 0.1) is 17.6 Å². The predicted molar refractivity (Wildman–Crippen MR) is 117 cm³/mol. The quantitative estimate of drug-likeness (QED) is 0.272. The molecule has 0 spiro atoms. The number of carbonyl (C=O) groups is 1. The van der Waals surface area contributed by atoms with Crippen LogP contribution in [0.3, 0.4) is 0 Å². The molecular formula is C24H29F3N2O2. The fourth-order valence-electron chi connectivity index (χ4n) is 2.97. The van der Waals surface area contributed by atoms with Crippen LogP contribution < -0.4 is 0 Å². The summed E-state index contributed by atoms with van der Waals surface area (Å²) in [6, 6.07) is 10.3. The third kappa shape index (κ3) is 7.12. The summed E-state index contributed by atoms with van der Waals surface area (Å²) in [6.45, 7) is 8.34. The summed E-state index contributed by atoms with van der Waals surface area (Å²) in [6.07, 6.45) is -4.96. The maximum absolute atomic E-state index is 12.9. The number of nitrogens with zero attached hydrogens (tertiary/aromatic N) is 2. The largest absolute Gasteiger partial charge is 0.454 e. The van der Waals surface area contributed by atoms with Crippen LogP contribution in [0.4, 0.5) is 18.9 Å². The van der Waals surface area contributed by atoms with Crippen molar-refractivity contribution in [3.05, 3.63) is 64.2 Å². The van der Waals surface area contributed by atoms with Crippen molar-refractivity contribution in [2.75, 3.05) is 13.6 Å². The lowest BCUT2D eigenvalue weighted by Crippen LogP contribution is -2.17. The normalized spacial score (nSPS) is 12.8. The lowest BCUT2D eigenvalue weighted by atomic mass is 10.0. The van der Waals surface area contributed by atoms with Crippen LogP contribution in [-0.2, 0) is 4.74 Å². The number of aliphatic imine (C=N–C) groups is 1. The molecule has 0 aliphatic carbocycles. The molecule has 0 N–H and O–H groups in total. The molecule has 0 saturated carbocycles. The number of hydrogen-bond donors (Lipinski definition) is 0. The van der Waals surface area contributed by atoms with Crippen molar-refractivity contribution in [3.63, 3.8) is 0 Å². The van der Waals surface area contributed by atoms with Gasteiger partial charge >= 0.3 is 12.1 Å². The Balaban J connectivity index is 2.26. The van der Waals surface area contributed by atoms with Crippen LogP contribution in [0.5, 0.6) is 0 Å². The average Bonchev–Trinajstić information content (AvgIpc) is 2.71. The number of halogens is 3. The van der Waals surface area contributed by atoms with Gasteiger partial charge < -0.3 is 9.64 Å². The topological polar surface area (TPSA) is 41.9 Å². The van der Waals surface area contributed by atoms with E-state index in [1.165, 1.54) is 0 Å². The zero-order chi connectivity index (χ0) is 23.2. The molecule has 0 bridgehead atoms. The lowest BCUT2D eigenvalue weighted by Gasteiger charge is -2.20. The Hall–Kier alpha value is -2.83. The monoisotopic (exact) mass is 434 g/mol. The van der Waals surface area contributed by atoms with E-state index >= 15 is 0 Å². The van der Waals surface area contributed by atoms with Gasteiger partial charge in [-0.2, -0.15) is 13.2 Å². The van der Waals surface area contributed by atoms with Crippen molar-refractivity contribution in [2.24, 2.45) is 4.99 Å². The number of aryl methyl sites for hydroxylation is 1. The van der Waals surface area contributed by atoms with E-state index in [0.29, 0.717) is 16.7 Å². The van der Waals surface area contributed by atoms with E-state index < -0.39 is 24.7 Å². The highest BCUT2D eigenvalue weighted by molar-refractivity contribution is 5.92. The standard InChI is InChI=1S/C24H29F3N2O2/c1-6-29(5)15-28-21-12-11-20(17(3)18(21)4)23(30)31-22(13-14-24(25,26)27)19-9-7-16(2)8-10-19/h7-12,15,22H,6,13-14H2,1-5H3/b28-15+. The molecule has 31 heavy (non-hydrogen) atoms. The number of carbonyl (C=O) groups excluding carboxylic acids is 1. The Kier molecular flexibility index (Phi) is 8.25. The Morgan fingerprint density at radius 3 is 2.32 bits per heavy atom. The third-order valence-corrected chi connectivity index (χ3v) is 5.26. The highest BCUT2D eigenvalue weighted by Gasteiger charge is 2.30. The molecule has 168 valence electrons. The molecule has 0 saturated heterocycles. The van der Waals surface area contributed by atoms with Gasteiger partial charge in [0.15, 0.2) is 0 Å². The van der Waals surface area contributed by atoms with E-state index in [1.54, 1.807) is 49.7 Å². The second-order valence-electron chi connectivity index (χ2n) is 7.66. The maximum Gasteiger partial charge on any atom is 0.389 e. The fraction of sp³-hybridized carbons (Fsp3) is 0.417. The van der Waals surface area contributed by atoms with Crippen LogP contribution in [0.1, 0.15) is 58.5 Å². The molecular weight excluding hydrogens is 405 g/mol. The molecule has 0 heterocycles. The van der Waals surface area contributed by atoms with E-state index in [4.69, 9.17) is 4.74 Å². The molecule has 4 nitrogen and oxygen atoms in total. The Labute approximate surface area is 181 Å². The van der Waals surface area contributed by atoms with E-state index in [0.717, 1.165) is 23.4 Å². The Morgan fingerprint density at radius 2 is 1.74 bits per heavy atom. The van der Waals surface area contributed by atoms with E-state index in [1.807, 2.05) is 32.7 Å². The number of benzene rings is 2. The molecule has 0 amide bonds.